The molecule has 2 heterocycles. The van der Waals surface area contributed by atoms with E-state index in [4.69, 9.17) is 5.11 Å². The number of amides is 1. The molecule has 94 valence electrons. The average molecular weight is 238 g/mol. The number of aromatic nitrogens is 2. The summed E-state index contributed by atoms with van der Waals surface area (Å²) in [6, 6.07) is 0. The fourth-order valence-electron chi connectivity index (χ4n) is 2.01. The van der Waals surface area contributed by atoms with Gasteiger partial charge in [-0.15, -0.1) is 0 Å². The van der Waals surface area contributed by atoms with Crippen molar-refractivity contribution in [1.82, 2.24) is 14.7 Å². The van der Waals surface area contributed by atoms with E-state index in [0.29, 0.717) is 19.6 Å². The zero-order valence-corrected chi connectivity index (χ0v) is 10.4. The molecule has 0 unspecified atom stereocenters. The van der Waals surface area contributed by atoms with Gasteiger partial charge in [0.1, 0.15) is 0 Å². The molecule has 0 bridgehead atoms. The van der Waals surface area contributed by atoms with Crippen molar-refractivity contribution in [2.75, 3.05) is 25.0 Å². The van der Waals surface area contributed by atoms with Gasteiger partial charge in [-0.25, -0.2) is 0 Å². The summed E-state index contributed by atoms with van der Waals surface area (Å²) in [5, 5.41) is 16.2. The van der Waals surface area contributed by atoms with Gasteiger partial charge in [0, 0.05) is 20.1 Å². The normalized spacial score (nSPS) is 16.9. The van der Waals surface area contributed by atoms with Crippen LogP contribution in [0.1, 0.15) is 11.4 Å². The second-order valence-corrected chi connectivity index (χ2v) is 4.57. The molecule has 6 heteroatoms. The molecule has 0 saturated carbocycles. The fourth-order valence-corrected chi connectivity index (χ4v) is 2.01. The van der Waals surface area contributed by atoms with Gasteiger partial charge in [-0.05, 0) is 13.8 Å². The molecule has 0 spiro atoms. The molecule has 6 nitrogen and oxygen atoms in total. The molecular formula is C11H18N4O2. The van der Waals surface area contributed by atoms with Crippen molar-refractivity contribution in [3.63, 3.8) is 0 Å². The van der Waals surface area contributed by atoms with E-state index in [1.54, 1.807) is 4.68 Å². The van der Waals surface area contributed by atoms with Gasteiger partial charge in [0.15, 0.2) is 0 Å². The van der Waals surface area contributed by atoms with Gasteiger partial charge in [0.05, 0.1) is 29.7 Å². The molecule has 1 aromatic rings. The highest BCUT2D eigenvalue weighted by molar-refractivity contribution is 5.93. The number of rotatable bonds is 3. The topological polar surface area (TPSA) is 70.4 Å². The van der Waals surface area contributed by atoms with E-state index >= 15 is 0 Å². The third kappa shape index (κ3) is 2.48. The summed E-state index contributed by atoms with van der Waals surface area (Å²) in [4.78, 5) is 13.7. The molecule has 1 saturated heterocycles. The summed E-state index contributed by atoms with van der Waals surface area (Å²) in [5.41, 5.74) is 2.56. The van der Waals surface area contributed by atoms with Crippen LogP contribution in [0.2, 0.25) is 0 Å². The summed E-state index contributed by atoms with van der Waals surface area (Å²) < 4.78 is 1.75. The van der Waals surface area contributed by atoms with Gasteiger partial charge in [-0.1, -0.05) is 0 Å². The summed E-state index contributed by atoms with van der Waals surface area (Å²) >= 11 is 0. The van der Waals surface area contributed by atoms with E-state index in [1.807, 2.05) is 25.8 Å². The first-order chi connectivity index (χ1) is 7.97. The number of aryl methyl sites for hydroxylation is 2. The van der Waals surface area contributed by atoms with Crippen LogP contribution in [0.3, 0.4) is 0 Å². The number of nitrogens with zero attached hydrogens (tertiary/aromatic N) is 3. The molecule has 1 amide bonds. The molecule has 1 aromatic heterocycles. The molecule has 0 aromatic carbocycles. The molecule has 2 N–H and O–H groups in total. The third-order valence-corrected chi connectivity index (χ3v) is 3.08. The molecule has 2 rings (SSSR count). The number of nitrogens with one attached hydrogen (secondary N) is 1. The van der Waals surface area contributed by atoms with E-state index in [9.17, 15) is 4.79 Å². The number of carbonyl (C=O) groups excluding carboxylic acids is 1. The van der Waals surface area contributed by atoms with Crippen molar-refractivity contribution in [3.8, 4) is 0 Å². The lowest BCUT2D eigenvalue weighted by Gasteiger charge is -2.34. The van der Waals surface area contributed by atoms with Crippen LogP contribution in [-0.4, -0.2) is 51.4 Å². The number of hydrogen-bond donors (Lipinski definition) is 2. The molecule has 0 aliphatic carbocycles. The van der Waals surface area contributed by atoms with Crippen molar-refractivity contribution in [2.45, 2.75) is 20.0 Å². The van der Waals surface area contributed by atoms with E-state index in [2.05, 4.69) is 10.4 Å². The lowest BCUT2D eigenvalue weighted by Crippen LogP contribution is -2.53. The predicted molar refractivity (Wildman–Crippen MR) is 63.8 cm³/mol. The number of carbonyl (C=O) groups is 1. The first-order valence-electron chi connectivity index (χ1n) is 5.68. The van der Waals surface area contributed by atoms with Crippen molar-refractivity contribution < 1.29 is 9.90 Å². The fraction of sp³-hybridized carbons (Fsp3) is 0.636. The Morgan fingerprint density at radius 1 is 1.53 bits per heavy atom. The Kier molecular flexibility index (Phi) is 3.17. The van der Waals surface area contributed by atoms with Crippen LogP contribution >= 0.6 is 0 Å². The zero-order valence-electron chi connectivity index (χ0n) is 10.4. The molecular weight excluding hydrogens is 220 g/mol. The van der Waals surface area contributed by atoms with Crippen LogP contribution in [0.25, 0.3) is 0 Å². The Balaban J connectivity index is 1.94. The minimum Gasteiger partial charge on any atom is -0.390 e. The summed E-state index contributed by atoms with van der Waals surface area (Å²) in [6.07, 6.45) is -0.273. The highest BCUT2D eigenvalue weighted by atomic mass is 16.3. The number of aliphatic hydroxyl groups is 1. The largest absolute Gasteiger partial charge is 0.390 e. The van der Waals surface area contributed by atoms with Gasteiger partial charge >= 0.3 is 0 Å². The number of β-amino-alcohol motifs (C(OH)–C–C–N with tert-alkyl or cyclic N) is 1. The van der Waals surface area contributed by atoms with Crippen molar-refractivity contribution in [1.29, 1.82) is 0 Å². The Bertz CT molecular complexity index is 435. The third-order valence-electron chi connectivity index (χ3n) is 3.08. The number of likely N-dealkylation sites (tertiary alicyclic amines) is 1. The lowest BCUT2D eigenvalue weighted by atomic mass is 10.2. The molecule has 1 fully saturated rings. The standard InChI is InChI=1S/C11H18N4O2/c1-7-11(8(2)14(3)13-7)12-10(17)6-15-4-9(16)5-15/h9,16H,4-6H2,1-3H3,(H,12,17). The van der Waals surface area contributed by atoms with Crippen molar-refractivity contribution >= 4 is 11.6 Å². The molecule has 1 aliphatic heterocycles. The van der Waals surface area contributed by atoms with Crippen molar-refractivity contribution in [2.24, 2.45) is 7.05 Å². The van der Waals surface area contributed by atoms with Crippen LogP contribution in [0.15, 0.2) is 0 Å². The van der Waals surface area contributed by atoms with Crippen LogP contribution in [0.5, 0.6) is 0 Å². The number of aliphatic hydroxyl groups excluding tert-OH is 1. The molecule has 17 heavy (non-hydrogen) atoms. The monoisotopic (exact) mass is 238 g/mol. The van der Waals surface area contributed by atoms with Gasteiger partial charge in [0.2, 0.25) is 5.91 Å². The van der Waals surface area contributed by atoms with Crippen molar-refractivity contribution in [3.05, 3.63) is 11.4 Å². The van der Waals surface area contributed by atoms with Gasteiger partial charge in [-0.2, -0.15) is 5.10 Å². The van der Waals surface area contributed by atoms with Crippen LogP contribution < -0.4 is 5.32 Å². The second kappa shape index (κ2) is 4.46. The summed E-state index contributed by atoms with van der Waals surface area (Å²) in [5.74, 6) is -0.0592. The zero-order chi connectivity index (χ0) is 12.6. The first-order valence-corrected chi connectivity index (χ1v) is 5.68. The first kappa shape index (κ1) is 12.1. The highest BCUT2D eigenvalue weighted by Gasteiger charge is 2.26. The van der Waals surface area contributed by atoms with E-state index in [1.165, 1.54) is 0 Å². The number of hydrogen-bond acceptors (Lipinski definition) is 4. The van der Waals surface area contributed by atoms with Crippen LogP contribution in [0.4, 0.5) is 5.69 Å². The Morgan fingerprint density at radius 3 is 2.65 bits per heavy atom. The van der Waals surface area contributed by atoms with E-state index in [-0.39, 0.29) is 12.0 Å². The van der Waals surface area contributed by atoms with E-state index < -0.39 is 0 Å². The summed E-state index contributed by atoms with van der Waals surface area (Å²) in [7, 11) is 1.85. The Morgan fingerprint density at radius 2 is 2.18 bits per heavy atom. The quantitative estimate of drug-likeness (QED) is 0.755. The molecule has 0 atom stereocenters. The maximum atomic E-state index is 11.8. The highest BCUT2D eigenvalue weighted by Crippen LogP contribution is 2.18. The smallest absolute Gasteiger partial charge is 0.238 e. The van der Waals surface area contributed by atoms with Crippen LogP contribution in [0, 0.1) is 13.8 Å². The Hall–Kier alpha value is -1.40. The minimum absolute atomic E-state index is 0.0592. The van der Waals surface area contributed by atoms with E-state index in [0.717, 1.165) is 17.1 Å². The van der Waals surface area contributed by atoms with Crippen LogP contribution in [-0.2, 0) is 11.8 Å². The van der Waals surface area contributed by atoms with Gasteiger partial charge in [-0.3, -0.25) is 14.4 Å². The molecule has 1 aliphatic rings. The minimum atomic E-state index is -0.273. The second-order valence-electron chi connectivity index (χ2n) is 4.57. The maximum absolute atomic E-state index is 11.8. The maximum Gasteiger partial charge on any atom is 0.238 e. The molecule has 0 radical (unpaired) electrons. The van der Waals surface area contributed by atoms with Gasteiger partial charge in [0.25, 0.3) is 0 Å². The SMILES string of the molecule is Cc1nn(C)c(C)c1NC(=O)CN1CC(O)C1. The number of anilines is 1. The summed E-state index contributed by atoms with van der Waals surface area (Å²) in [6.45, 7) is 5.28. The predicted octanol–water partition coefficient (Wildman–Crippen LogP) is -0.348. The Labute approximate surface area is 100 Å². The average Bonchev–Trinajstić information content (AvgIpc) is 2.43. The lowest BCUT2D eigenvalue weighted by molar-refractivity contribution is -0.119. The van der Waals surface area contributed by atoms with Gasteiger partial charge < -0.3 is 10.4 Å².